The summed E-state index contributed by atoms with van der Waals surface area (Å²) < 4.78 is 25.0. The van der Waals surface area contributed by atoms with Crippen molar-refractivity contribution in [3.63, 3.8) is 0 Å². The summed E-state index contributed by atoms with van der Waals surface area (Å²) in [6.07, 6.45) is 0. The Morgan fingerprint density at radius 2 is 1.68 bits per heavy atom. The van der Waals surface area contributed by atoms with Crippen LogP contribution in [-0.2, 0) is 10.0 Å². The van der Waals surface area contributed by atoms with E-state index in [4.69, 9.17) is 11.6 Å². The van der Waals surface area contributed by atoms with E-state index in [1.807, 2.05) is 20.8 Å². The van der Waals surface area contributed by atoms with Crippen LogP contribution in [0.25, 0.3) is 0 Å². The topological polar surface area (TPSA) is 49.4 Å². The molecule has 6 heteroatoms. The van der Waals surface area contributed by atoms with Gasteiger partial charge in [0.15, 0.2) is 0 Å². The molecule has 0 aliphatic carbocycles. The van der Waals surface area contributed by atoms with Crippen LogP contribution >= 0.6 is 11.6 Å². The maximum Gasteiger partial charge on any atom is 0.242 e. The van der Waals surface area contributed by atoms with Gasteiger partial charge in [-0.25, -0.2) is 12.7 Å². The molecular weight excluding hydrogens is 284 g/mol. The quantitative estimate of drug-likeness (QED) is 0.851. The molecule has 4 nitrogen and oxygen atoms in total. The van der Waals surface area contributed by atoms with Crippen LogP contribution in [-0.4, -0.2) is 37.7 Å². The molecule has 1 aromatic rings. The predicted octanol–water partition coefficient (Wildman–Crippen LogP) is 2.75. The van der Waals surface area contributed by atoms with E-state index >= 15 is 0 Å². The molecule has 0 fully saturated rings. The van der Waals surface area contributed by atoms with Crippen LogP contribution < -0.4 is 5.32 Å². The molecule has 0 amide bonds. The predicted molar refractivity (Wildman–Crippen MR) is 80.3 cm³/mol. The minimum atomic E-state index is -3.37. The Labute approximate surface area is 120 Å². The number of hydrogen-bond acceptors (Lipinski definition) is 3. The fraction of sp³-hybridized carbons (Fsp3) is 0.538. The molecule has 0 radical (unpaired) electrons. The maximum absolute atomic E-state index is 11.9. The molecule has 0 saturated carbocycles. The van der Waals surface area contributed by atoms with Gasteiger partial charge in [-0.15, -0.1) is 11.6 Å². The van der Waals surface area contributed by atoms with E-state index in [1.54, 1.807) is 24.3 Å². The first-order valence-corrected chi connectivity index (χ1v) is 7.90. The fourth-order valence-corrected chi connectivity index (χ4v) is 2.35. The van der Waals surface area contributed by atoms with Crippen molar-refractivity contribution < 1.29 is 8.42 Å². The molecule has 0 aliphatic heterocycles. The van der Waals surface area contributed by atoms with Crippen LogP contribution in [0.5, 0.6) is 0 Å². The molecule has 1 rings (SSSR count). The van der Waals surface area contributed by atoms with Crippen molar-refractivity contribution in [1.82, 2.24) is 4.31 Å². The molecule has 0 aliphatic rings. The SMILES string of the molecule is CC(Cl)C(C)(C)Nc1ccc(S(=O)(=O)N(C)C)cc1. The molecule has 0 heterocycles. The van der Waals surface area contributed by atoms with Gasteiger partial charge in [-0.2, -0.15) is 0 Å². The van der Waals surface area contributed by atoms with Gasteiger partial charge in [0, 0.05) is 25.3 Å². The lowest BCUT2D eigenvalue weighted by atomic mass is 10.0. The molecule has 19 heavy (non-hydrogen) atoms. The monoisotopic (exact) mass is 304 g/mol. The molecule has 0 aromatic heterocycles. The normalized spacial score (nSPS) is 14.5. The van der Waals surface area contributed by atoms with Crippen LogP contribution in [0.3, 0.4) is 0 Å². The number of nitrogens with zero attached hydrogens (tertiary/aromatic N) is 1. The van der Waals surface area contributed by atoms with Gasteiger partial charge in [0.1, 0.15) is 0 Å². The molecule has 1 N–H and O–H groups in total. The van der Waals surface area contributed by atoms with E-state index < -0.39 is 10.0 Å². The van der Waals surface area contributed by atoms with Crippen LogP contribution in [0.15, 0.2) is 29.2 Å². The van der Waals surface area contributed by atoms with Crippen molar-refractivity contribution in [3.05, 3.63) is 24.3 Å². The Hall–Kier alpha value is -0.780. The highest BCUT2D eigenvalue weighted by molar-refractivity contribution is 7.89. The number of halogens is 1. The van der Waals surface area contributed by atoms with Gasteiger partial charge in [-0.05, 0) is 45.0 Å². The lowest BCUT2D eigenvalue weighted by Crippen LogP contribution is -2.38. The number of rotatable bonds is 5. The summed E-state index contributed by atoms with van der Waals surface area (Å²) in [6, 6.07) is 6.67. The Kier molecular flexibility index (Phi) is 4.87. The van der Waals surface area contributed by atoms with Crippen molar-refractivity contribution in [2.45, 2.75) is 36.6 Å². The van der Waals surface area contributed by atoms with E-state index in [2.05, 4.69) is 5.32 Å². The van der Waals surface area contributed by atoms with Crippen LogP contribution in [0.2, 0.25) is 0 Å². The van der Waals surface area contributed by atoms with Crippen molar-refractivity contribution >= 4 is 27.3 Å². The third kappa shape index (κ3) is 3.84. The highest BCUT2D eigenvalue weighted by Crippen LogP contribution is 2.23. The number of anilines is 1. The average Bonchev–Trinajstić information content (AvgIpc) is 2.28. The van der Waals surface area contributed by atoms with E-state index in [0.29, 0.717) is 0 Å². The smallest absolute Gasteiger partial charge is 0.242 e. The van der Waals surface area contributed by atoms with Gasteiger partial charge >= 0.3 is 0 Å². The van der Waals surface area contributed by atoms with Gasteiger partial charge in [0.2, 0.25) is 10.0 Å². The zero-order valence-electron chi connectivity index (χ0n) is 11.9. The van der Waals surface area contributed by atoms with E-state index in [0.717, 1.165) is 5.69 Å². The van der Waals surface area contributed by atoms with Crippen LogP contribution in [0.1, 0.15) is 20.8 Å². The highest BCUT2D eigenvalue weighted by atomic mass is 35.5. The van der Waals surface area contributed by atoms with Crippen molar-refractivity contribution in [2.75, 3.05) is 19.4 Å². The Balaban J connectivity index is 2.96. The minimum absolute atomic E-state index is 0.0577. The summed E-state index contributed by atoms with van der Waals surface area (Å²) in [5.74, 6) is 0. The molecule has 0 bridgehead atoms. The molecule has 1 unspecified atom stereocenters. The number of sulfonamides is 1. The molecular formula is C13H21ClN2O2S. The molecule has 108 valence electrons. The lowest BCUT2D eigenvalue weighted by molar-refractivity contribution is 0.520. The van der Waals surface area contributed by atoms with Crippen molar-refractivity contribution in [2.24, 2.45) is 0 Å². The standard InChI is InChI=1S/C13H21ClN2O2S/c1-10(14)13(2,3)15-11-6-8-12(9-7-11)19(17,18)16(4)5/h6-10,15H,1-5H3. The number of nitrogens with one attached hydrogen (secondary N) is 1. The second-order valence-electron chi connectivity index (χ2n) is 5.27. The third-order valence-electron chi connectivity index (χ3n) is 3.09. The van der Waals surface area contributed by atoms with E-state index in [9.17, 15) is 8.42 Å². The summed E-state index contributed by atoms with van der Waals surface area (Å²) in [7, 11) is -0.347. The Morgan fingerprint density at radius 3 is 2.05 bits per heavy atom. The highest BCUT2D eigenvalue weighted by Gasteiger charge is 2.24. The molecule has 0 spiro atoms. The van der Waals surface area contributed by atoms with Gasteiger partial charge in [-0.3, -0.25) is 0 Å². The Bertz CT molecular complexity index is 522. The minimum Gasteiger partial charge on any atom is -0.379 e. The zero-order chi connectivity index (χ0) is 14.8. The summed E-state index contributed by atoms with van der Waals surface area (Å²) in [4.78, 5) is 0.278. The fourth-order valence-electron chi connectivity index (χ4n) is 1.39. The largest absolute Gasteiger partial charge is 0.379 e. The van der Waals surface area contributed by atoms with Gasteiger partial charge < -0.3 is 5.32 Å². The third-order valence-corrected chi connectivity index (χ3v) is 5.47. The molecule has 1 atom stereocenters. The first kappa shape index (κ1) is 16.3. The van der Waals surface area contributed by atoms with Crippen LogP contribution in [0.4, 0.5) is 5.69 Å². The number of alkyl halides is 1. The Morgan fingerprint density at radius 1 is 1.21 bits per heavy atom. The first-order chi connectivity index (χ1) is 8.57. The van der Waals surface area contributed by atoms with E-state index in [1.165, 1.54) is 18.4 Å². The number of hydrogen-bond donors (Lipinski definition) is 1. The summed E-state index contributed by atoms with van der Waals surface area (Å²) in [5, 5.41) is 3.23. The zero-order valence-corrected chi connectivity index (χ0v) is 13.5. The number of benzene rings is 1. The van der Waals surface area contributed by atoms with E-state index in [-0.39, 0.29) is 15.8 Å². The van der Waals surface area contributed by atoms with Crippen LogP contribution in [0, 0.1) is 0 Å². The lowest BCUT2D eigenvalue weighted by Gasteiger charge is -2.30. The summed E-state index contributed by atoms with van der Waals surface area (Å²) in [6.45, 7) is 5.91. The van der Waals surface area contributed by atoms with Crippen molar-refractivity contribution in [1.29, 1.82) is 0 Å². The first-order valence-electron chi connectivity index (χ1n) is 6.02. The van der Waals surface area contributed by atoms with Gasteiger partial charge in [0.05, 0.1) is 10.3 Å². The van der Waals surface area contributed by atoms with Gasteiger partial charge in [-0.1, -0.05) is 0 Å². The maximum atomic E-state index is 11.9. The molecule has 0 saturated heterocycles. The second kappa shape index (κ2) is 5.69. The summed E-state index contributed by atoms with van der Waals surface area (Å²) >= 11 is 6.10. The van der Waals surface area contributed by atoms with Crippen molar-refractivity contribution in [3.8, 4) is 0 Å². The summed E-state index contributed by atoms with van der Waals surface area (Å²) in [5.41, 5.74) is 0.568. The van der Waals surface area contributed by atoms with Gasteiger partial charge in [0.25, 0.3) is 0 Å². The molecule has 1 aromatic carbocycles. The average molecular weight is 305 g/mol. The second-order valence-corrected chi connectivity index (χ2v) is 8.08.